The summed E-state index contributed by atoms with van der Waals surface area (Å²) in [6.45, 7) is 1.58. The number of benzene rings is 1. The smallest absolute Gasteiger partial charge is 0.408 e. The third-order valence-electron chi connectivity index (χ3n) is 5.26. The maximum Gasteiger partial charge on any atom is 0.419 e. The number of piperidine rings is 1. The van der Waals surface area contributed by atoms with Crippen LogP contribution >= 0.6 is 0 Å². The molecule has 1 amide bonds. The number of aromatic nitrogens is 4. The highest BCUT2D eigenvalue weighted by atomic mass is 16.5. The molecule has 1 fully saturated rings. The van der Waals surface area contributed by atoms with Gasteiger partial charge in [-0.25, -0.2) is 9.48 Å². The molecular weight excluding hydrogens is 338 g/mol. The quantitative estimate of drug-likeness (QED) is 0.638. The van der Waals surface area contributed by atoms with Gasteiger partial charge in [-0.15, -0.1) is 5.10 Å². The fourth-order valence-corrected chi connectivity index (χ4v) is 3.81. The Morgan fingerprint density at radius 1 is 1.35 bits per heavy atom. The van der Waals surface area contributed by atoms with Gasteiger partial charge in [0.25, 0.3) is 5.91 Å². The minimum atomic E-state index is -0.440. The minimum absolute atomic E-state index is 0.0769. The average molecular weight is 355 g/mol. The highest BCUT2D eigenvalue weighted by Gasteiger charge is 2.38. The maximum atomic E-state index is 12.9. The van der Waals surface area contributed by atoms with Gasteiger partial charge < -0.3 is 14.1 Å². The van der Waals surface area contributed by atoms with Crippen LogP contribution < -0.4 is 5.76 Å². The van der Waals surface area contributed by atoms with Gasteiger partial charge in [0.05, 0.1) is 36.2 Å². The second-order valence-corrected chi connectivity index (χ2v) is 6.74. The van der Waals surface area contributed by atoms with E-state index >= 15 is 0 Å². The predicted octanol–water partition coefficient (Wildman–Crippen LogP) is 0.709. The molecule has 0 radical (unpaired) electrons. The van der Waals surface area contributed by atoms with Crippen LogP contribution in [-0.4, -0.2) is 49.6 Å². The molecular formula is C17H17N5O4. The number of nitrogens with zero attached hydrogens (tertiary/aromatic N) is 5. The molecule has 5 rings (SSSR count). The number of rotatable bonds is 1. The van der Waals surface area contributed by atoms with Crippen LogP contribution in [0.5, 0.6) is 0 Å². The van der Waals surface area contributed by atoms with Crippen LogP contribution in [0, 0.1) is 0 Å². The van der Waals surface area contributed by atoms with E-state index in [1.807, 2.05) is 4.68 Å². The van der Waals surface area contributed by atoms with E-state index in [1.54, 1.807) is 36.3 Å². The third-order valence-corrected chi connectivity index (χ3v) is 5.26. The van der Waals surface area contributed by atoms with E-state index in [0.29, 0.717) is 36.4 Å². The molecule has 4 heterocycles. The van der Waals surface area contributed by atoms with Crippen LogP contribution in [0.25, 0.3) is 11.1 Å². The molecule has 0 spiro atoms. The fourth-order valence-electron chi connectivity index (χ4n) is 3.81. The molecule has 1 saturated heterocycles. The van der Waals surface area contributed by atoms with Crippen LogP contribution in [0.4, 0.5) is 0 Å². The van der Waals surface area contributed by atoms with E-state index in [-0.39, 0.29) is 18.1 Å². The SMILES string of the molecule is Cn1c(=O)oc2ccc(C(=O)N3CCC4C(C3)OCc3cnnn34)cc21. The summed E-state index contributed by atoms with van der Waals surface area (Å²) < 4.78 is 14.4. The Bertz CT molecular complexity index is 1060. The van der Waals surface area contributed by atoms with Crippen molar-refractivity contribution in [1.82, 2.24) is 24.5 Å². The van der Waals surface area contributed by atoms with Gasteiger partial charge >= 0.3 is 5.76 Å². The fraction of sp³-hybridized carbons (Fsp3) is 0.412. The molecule has 0 saturated carbocycles. The van der Waals surface area contributed by atoms with Gasteiger partial charge in [-0.1, -0.05) is 5.21 Å². The van der Waals surface area contributed by atoms with E-state index in [2.05, 4.69) is 10.3 Å². The number of hydrogen-bond acceptors (Lipinski definition) is 6. The summed E-state index contributed by atoms with van der Waals surface area (Å²) in [4.78, 5) is 26.4. The molecule has 1 aromatic carbocycles. The normalized spacial score (nSPS) is 22.3. The molecule has 26 heavy (non-hydrogen) atoms. The Balaban J connectivity index is 1.40. The summed E-state index contributed by atoms with van der Waals surface area (Å²) >= 11 is 0. The Hall–Kier alpha value is -2.94. The zero-order valence-corrected chi connectivity index (χ0v) is 14.2. The van der Waals surface area contributed by atoms with Gasteiger partial charge in [0, 0.05) is 25.7 Å². The maximum absolute atomic E-state index is 12.9. The number of carbonyl (C=O) groups excluding carboxylic acids is 1. The highest BCUT2D eigenvalue weighted by molar-refractivity contribution is 5.97. The van der Waals surface area contributed by atoms with E-state index in [9.17, 15) is 9.59 Å². The first-order valence-electron chi connectivity index (χ1n) is 8.51. The Morgan fingerprint density at radius 3 is 3.12 bits per heavy atom. The number of aryl methyl sites for hydroxylation is 1. The Kier molecular flexibility index (Phi) is 3.26. The van der Waals surface area contributed by atoms with Crippen molar-refractivity contribution < 1.29 is 13.9 Å². The van der Waals surface area contributed by atoms with Crippen LogP contribution in [-0.2, 0) is 18.4 Å². The van der Waals surface area contributed by atoms with E-state index in [0.717, 1.165) is 12.1 Å². The van der Waals surface area contributed by atoms with Gasteiger partial charge in [-0.2, -0.15) is 0 Å². The third kappa shape index (κ3) is 2.20. The topological polar surface area (TPSA) is 95.4 Å². The number of fused-ring (bicyclic) bond motifs is 4. The average Bonchev–Trinajstić information content (AvgIpc) is 3.25. The summed E-state index contributed by atoms with van der Waals surface area (Å²) in [5, 5.41) is 8.11. The highest BCUT2D eigenvalue weighted by Crippen LogP contribution is 2.31. The Morgan fingerprint density at radius 2 is 2.23 bits per heavy atom. The van der Waals surface area contributed by atoms with Gasteiger partial charge in [0.15, 0.2) is 5.58 Å². The second-order valence-electron chi connectivity index (χ2n) is 6.74. The monoisotopic (exact) mass is 355 g/mol. The molecule has 3 aromatic rings. The zero-order chi connectivity index (χ0) is 17.8. The molecule has 9 nitrogen and oxygen atoms in total. The lowest BCUT2D eigenvalue weighted by Gasteiger charge is -2.41. The molecule has 2 unspecified atom stereocenters. The molecule has 0 N–H and O–H groups in total. The van der Waals surface area contributed by atoms with Crippen molar-refractivity contribution in [3.63, 3.8) is 0 Å². The van der Waals surface area contributed by atoms with Crippen molar-refractivity contribution in [1.29, 1.82) is 0 Å². The summed E-state index contributed by atoms with van der Waals surface area (Å²) in [7, 11) is 1.62. The minimum Gasteiger partial charge on any atom is -0.408 e. The predicted molar refractivity (Wildman–Crippen MR) is 89.6 cm³/mol. The standard InChI is InChI=1S/C17H17N5O4/c1-20-13-6-10(2-3-14(13)26-17(20)24)16(23)21-5-4-12-15(8-21)25-9-11-7-18-19-22(11)12/h2-3,6-7,12,15H,4-5,8-9H2,1H3. The summed E-state index contributed by atoms with van der Waals surface area (Å²) in [5.74, 6) is -0.517. The second kappa shape index (κ2) is 5.53. The number of likely N-dealkylation sites (tertiary alicyclic amines) is 1. The number of ether oxygens (including phenoxy) is 1. The summed E-state index contributed by atoms with van der Waals surface area (Å²) in [6.07, 6.45) is 2.39. The lowest BCUT2D eigenvalue weighted by molar-refractivity contribution is -0.0627. The van der Waals surface area contributed by atoms with Crippen LogP contribution in [0.15, 0.2) is 33.6 Å². The van der Waals surface area contributed by atoms with Gasteiger partial charge in [0.2, 0.25) is 0 Å². The van der Waals surface area contributed by atoms with E-state index in [4.69, 9.17) is 9.15 Å². The molecule has 9 heteroatoms. The summed E-state index contributed by atoms with van der Waals surface area (Å²) in [5.41, 5.74) is 2.58. The van der Waals surface area contributed by atoms with Crippen molar-refractivity contribution in [3.8, 4) is 0 Å². The van der Waals surface area contributed by atoms with Gasteiger partial charge in [-0.05, 0) is 24.6 Å². The molecule has 2 aliphatic heterocycles. The summed E-state index contributed by atoms with van der Waals surface area (Å²) in [6, 6.07) is 5.17. The van der Waals surface area contributed by atoms with E-state index < -0.39 is 5.76 Å². The first-order chi connectivity index (χ1) is 12.6. The number of oxazole rings is 1. The first kappa shape index (κ1) is 15.3. The lowest BCUT2D eigenvalue weighted by atomic mass is 9.99. The molecule has 0 bridgehead atoms. The van der Waals surface area contributed by atoms with Crippen LogP contribution in [0.3, 0.4) is 0 Å². The molecule has 2 aliphatic rings. The molecule has 2 aromatic heterocycles. The van der Waals surface area contributed by atoms with Gasteiger partial charge in [-0.3, -0.25) is 9.36 Å². The molecule has 134 valence electrons. The molecule has 0 aliphatic carbocycles. The Labute approximate surface area is 147 Å². The molecule has 2 atom stereocenters. The van der Waals surface area contributed by atoms with Crippen molar-refractivity contribution in [2.75, 3.05) is 13.1 Å². The largest absolute Gasteiger partial charge is 0.419 e. The zero-order valence-electron chi connectivity index (χ0n) is 14.2. The van der Waals surface area contributed by atoms with Crippen LogP contribution in [0.1, 0.15) is 28.5 Å². The lowest BCUT2D eigenvalue weighted by Crippen LogP contribution is -2.50. The number of carbonyl (C=O) groups is 1. The van der Waals surface area contributed by atoms with Crippen molar-refractivity contribution >= 4 is 17.0 Å². The van der Waals surface area contributed by atoms with Crippen molar-refractivity contribution in [2.24, 2.45) is 7.05 Å². The van der Waals surface area contributed by atoms with Crippen molar-refractivity contribution in [2.45, 2.75) is 25.2 Å². The number of amides is 1. The van der Waals surface area contributed by atoms with E-state index in [1.165, 1.54) is 4.57 Å². The first-order valence-corrected chi connectivity index (χ1v) is 8.51. The van der Waals surface area contributed by atoms with Crippen molar-refractivity contribution in [3.05, 3.63) is 46.2 Å². The van der Waals surface area contributed by atoms with Gasteiger partial charge in [0.1, 0.15) is 0 Å². The number of hydrogen-bond donors (Lipinski definition) is 0. The van der Waals surface area contributed by atoms with Crippen LogP contribution in [0.2, 0.25) is 0 Å².